The van der Waals surface area contributed by atoms with Crippen LogP contribution in [0, 0.1) is 0 Å². The van der Waals surface area contributed by atoms with Crippen LogP contribution in [0.3, 0.4) is 0 Å². The number of hydrogen-bond acceptors (Lipinski definition) is 4. The van der Waals surface area contributed by atoms with E-state index in [-0.39, 0.29) is 24.3 Å². The largest absolute Gasteiger partial charge is 0.486 e. The van der Waals surface area contributed by atoms with Crippen LogP contribution in [-0.4, -0.2) is 37.6 Å². The lowest BCUT2D eigenvalue weighted by Crippen LogP contribution is -2.37. The molecule has 0 radical (unpaired) electrons. The highest BCUT2D eigenvalue weighted by Gasteiger charge is 2.32. The predicted molar refractivity (Wildman–Crippen MR) is 97.1 cm³/mol. The molecule has 26 heavy (non-hydrogen) atoms. The van der Waals surface area contributed by atoms with Crippen LogP contribution in [0.5, 0.6) is 11.5 Å². The molecule has 2 aliphatic rings. The fourth-order valence-corrected chi connectivity index (χ4v) is 3.34. The molecule has 2 aliphatic heterocycles. The maximum absolute atomic E-state index is 12.4. The minimum atomic E-state index is -0.262. The highest BCUT2D eigenvalue weighted by Crippen LogP contribution is 2.35. The van der Waals surface area contributed by atoms with Crippen molar-refractivity contribution in [1.29, 1.82) is 0 Å². The predicted octanol–water partition coefficient (Wildman–Crippen LogP) is 2.65. The second-order valence-electron chi connectivity index (χ2n) is 6.22. The van der Waals surface area contributed by atoms with E-state index in [9.17, 15) is 9.59 Å². The summed E-state index contributed by atoms with van der Waals surface area (Å²) < 4.78 is 11.1. The zero-order valence-electron chi connectivity index (χ0n) is 13.9. The summed E-state index contributed by atoms with van der Waals surface area (Å²) >= 11 is 5.93. The molecular weight excluding hydrogens is 356 g/mol. The molecule has 2 heterocycles. The molecular formula is C19H17ClN2O4. The molecule has 0 aromatic heterocycles. The van der Waals surface area contributed by atoms with E-state index in [1.807, 2.05) is 6.07 Å². The first-order valence-electron chi connectivity index (χ1n) is 8.36. The fourth-order valence-electron chi connectivity index (χ4n) is 3.15. The molecule has 2 aromatic carbocycles. The first-order valence-corrected chi connectivity index (χ1v) is 8.74. The molecule has 0 saturated carbocycles. The van der Waals surface area contributed by atoms with Crippen LogP contribution >= 0.6 is 11.6 Å². The molecule has 4 rings (SSSR count). The van der Waals surface area contributed by atoms with E-state index >= 15 is 0 Å². The number of benzene rings is 2. The number of carbonyl (C=O) groups excluding carboxylic acids is 2. The number of ether oxygens (including phenoxy) is 2. The number of rotatable bonds is 3. The summed E-state index contributed by atoms with van der Waals surface area (Å²) in [4.78, 5) is 26.4. The van der Waals surface area contributed by atoms with Crippen LogP contribution in [0.1, 0.15) is 16.8 Å². The molecule has 0 aliphatic carbocycles. The van der Waals surface area contributed by atoms with E-state index < -0.39 is 0 Å². The fraction of sp³-hybridized carbons (Fsp3) is 0.263. The van der Waals surface area contributed by atoms with Crippen molar-refractivity contribution < 1.29 is 19.1 Å². The van der Waals surface area contributed by atoms with Crippen molar-refractivity contribution in [3.8, 4) is 11.5 Å². The number of anilines is 1. The van der Waals surface area contributed by atoms with Crippen LogP contribution in [-0.2, 0) is 4.79 Å². The molecule has 1 atom stereocenters. The van der Waals surface area contributed by atoms with Gasteiger partial charge in [0, 0.05) is 35.3 Å². The number of nitrogens with one attached hydrogen (secondary N) is 1. The number of fused-ring (bicyclic) bond motifs is 1. The van der Waals surface area contributed by atoms with Gasteiger partial charge in [-0.25, -0.2) is 0 Å². The Hall–Kier alpha value is -2.73. The topological polar surface area (TPSA) is 67.9 Å². The average Bonchev–Trinajstić information content (AvgIpc) is 3.01. The number of hydrogen-bond donors (Lipinski definition) is 1. The molecule has 7 heteroatoms. The second-order valence-corrected chi connectivity index (χ2v) is 6.65. The van der Waals surface area contributed by atoms with Gasteiger partial charge in [-0.2, -0.15) is 0 Å². The quantitative estimate of drug-likeness (QED) is 0.899. The van der Waals surface area contributed by atoms with Gasteiger partial charge in [-0.3, -0.25) is 9.59 Å². The molecule has 2 aromatic rings. The van der Waals surface area contributed by atoms with Gasteiger partial charge >= 0.3 is 0 Å². The zero-order valence-corrected chi connectivity index (χ0v) is 14.7. The van der Waals surface area contributed by atoms with Crippen molar-refractivity contribution in [2.24, 2.45) is 0 Å². The van der Waals surface area contributed by atoms with Gasteiger partial charge in [-0.1, -0.05) is 17.7 Å². The molecule has 6 nitrogen and oxygen atoms in total. The summed E-state index contributed by atoms with van der Waals surface area (Å²) in [5.41, 5.74) is 1.21. The monoisotopic (exact) mass is 372 g/mol. The molecule has 1 N–H and O–H groups in total. The maximum Gasteiger partial charge on any atom is 0.251 e. The van der Waals surface area contributed by atoms with E-state index in [2.05, 4.69) is 5.32 Å². The van der Waals surface area contributed by atoms with Gasteiger partial charge in [0.25, 0.3) is 5.91 Å². The summed E-state index contributed by atoms with van der Waals surface area (Å²) in [5, 5.41) is 3.40. The molecule has 1 saturated heterocycles. The van der Waals surface area contributed by atoms with E-state index in [0.29, 0.717) is 41.8 Å². The standard InChI is InChI=1S/C19H17ClN2O4/c20-13-3-1-2-12(8-13)19(24)21-14-9-18(23)22(11-14)15-4-5-16-17(10-15)26-7-6-25-16/h1-5,8,10,14H,6-7,9,11H2,(H,21,24)/t14-/m0/s1. The van der Waals surface area contributed by atoms with Crippen LogP contribution in [0.2, 0.25) is 5.02 Å². The minimum Gasteiger partial charge on any atom is -0.486 e. The molecule has 0 unspecified atom stereocenters. The first kappa shape index (κ1) is 16.7. The van der Waals surface area contributed by atoms with Gasteiger partial charge < -0.3 is 19.7 Å². The molecule has 2 amide bonds. The van der Waals surface area contributed by atoms with Gasteiger partial charge in [-0.05, 0) is 30.3 Å². The van der Waals surface area contributed by atoms with Gasteiger partial charge in [0.1, 0.15) is 13.2 Å². The molecule has 0 bridgehead atoms. The van der Waals surface area contributed by atoms with Crippen molar-refractivity contribution in [1.82, 2.24) is 5.32 Å². The van der Waals surface area contributed by atoms with Crippen LogP contribution in [0.15, 0.2) is 42.5 Å². The molecule has 0 spiro atoms. The van der Waals surface area contributed by atoms with Gasteiger partial charge in [-0.15, -0.1) is 0 Å². The summed E-state index contributed by atoms with van der Waals surface area (Å²) in [6.07, 6.45) is 0.251. The van der Waals surface area contributed by atoms with Gasteiger partial charge in [0.05, 0.1) is 6.04 Å². The summed E-state index contributed by atoms with van der Waals surface area (Å²) in [6, 6.07) is 11.9. The Morgan fingerprint density at radius 2 is 1.92 bits per heavy atom. The lowest BCUT2D eigenvalue weighted by Gasteiger charge is -2.22. The Morgan fingerprint density at radius 3 is 2.73 bits per heavy atom. The number of amides is 2. The van der Waals surface area contributed by atoms with Crippen molar-refractivity contribution in [2.45, 2.75) is 12.5 Å². The second kappa shape index (κ2) is 6.88. The van der Waals surface area contributed by atoms with E-state index in [4.69, 9.17) is 21.1 Å². The Morgan fingerprint density at radius 1 is 1.12 bits per heavy atom. The smallest absolute Gasteiger partial charge is 0.251 e. The normalized spacial score (nSPS) is 18.7. The highest BCUT2D eigenvalue weighted by molar-refractivity contribution is 6.31. The Bertz CT molecular complexity index is 870. The third-order valence-corrected chi connectivity index (χ3v) is 4.62. The van der Waals surface area contributed by atoms with Crippen molar-refractivity contribution in [2.75, 3.05) is 24.7 Å². The van der Waals surface area contributed by atoms with Crippen LogP contribution in [0.4, 0.5) is 5.69 Å². The van der Waals surface area contributed by atoms with E-state index in [1.54, 1.807) is 41.3 Å². The highest BCUT2D eigenvalue weighted by atomic mass is 35.5. The third kappa shape index (κ3) is 3.32. The molecule has 134 valence electrons. The summed E-state index contributed by atoms with van der Waals surface area (Å²) in [5.74, 6) is 1.03. The van der Waals surface area contributed by atoms with Crippen LogP contribution in [0.25, 0.3) is 0 Å². The van der Waals surface area contributed by atoms with Gasteiger partial charge in [0.15, 0.2) is 11.5 Å². The summed E-state index contributed by atoms with van der Waals surface area (Å²) in [6.45, 7) is 1.42. The third-order valence-electron chi connectivity index (χ3n) is 4.38. The van der Waals surface area contributed by atoms with Crippen molar-refractivity contribution in [3.05, 3.63) is 53.1 Å². The zero-order chi connectivity index (χ0) is 18.1. The minimum absolute atomic E-state index is 0.0435. The Balaban J connectivity index is 1.46. The average molecular weight is 373 g/mol. The van der Waals surface area contributed by atoms with Gasteiger partial charge in [0.2, 0.25) is 5.91 Å². The maximum atomic E-state index is 12.4. The number of carbonyl (C=O) groups is 2. The lowest BCUT2D eigenvalue weighted by molar-refractivity contribution is -0.117. The van der Waals surface area contributed by atoms with Crippen molar-refractivity contribution in [3.63, 3.8) is 0 Å². The Labute approximate surface area is 155 Å². The first-order chi connectivity index (χ1) is 12.6. The number of halogens is 1. The summed E-state index contributed by atoms with van der Waals surface area (Å²) in [7, 11) is 0. The van der Waals surface area contributed by atoms with Crippen LogP contribution < -0.4 is 19.7 Å². The molecule has 1 fully saturated rings. The van der Waals surface area contributed by atoms with E-state index in [1.165, 1.54) is 0 Å². The lowest BCUT2D eigenvalue weighted by atomic mass is 10.2. The Kier molecular flexibility index (Phi) is 4.42. The van der Waals surface area contributed by atoms with E-state index in [0.717, 1.165) is 5.69 Å². The number of nitrogens with zero attached hydrogens (tertiary/aromatic N) is 1. The SMILES string of the molecule is O=C(N[C@H]1CC(=O)N(c2ccc3c(c2)OCCO3)C1)c1cccc(Cl)c1. The van der Waals surface area contributed by atoms with Crippen molar-refractivity contribution >= 4 is 29.1 Å².